The van der Waals surface area contributed by atoms with E-state index in [1.54, 1.807) is 12.4 Å². The largest absolute Gasteiger partial charge is 0.454 e. The molecule has 2 aromatic carbocycles. The molecule has 0 unspecified atom stereocenters. The summed E-state index contributed by atoms with van der Waals surface area (Å²) in [5.74, 6) is 2.02. The zero-order valence-corrected chi connectivity index (χ0v) is 18.0. The molecule has 0 N–H and O–H groups in total. The summed E-state index contributed by atoms with van der Waals surface area (Å²) in [6.45, 7) is 11.0. The zero-order valence-electron chi connectivity index (χ0n) is 18.0. The van der Waals surface area contributed by atoms with Crippen molar-refractivity contribution >= 4 is 23.8 Å². The lowest BCUT2D eigenvalue weighted by molar-refractivity contribution is 0.553. The van der Waals surface area contributed by atoms with E-state index in [0.717, 1.165) is 23.6 Å². The second-order valence-electron chi connectivity index (χ2n) is 8.75. The number of benzene rings is 2. The van der Waals surface area contributed by atoms with Crippen LogP contribution in [0, 0.1) is 5.92 Å². The number of hydrogen-bond acceptors (Lipinski definition) is 3. The average Bonchev–Trinajstić information content (AvgIpc) is 3.13. The Balaban J connectivity index is 1.76. The van der Waals surface area contributed by atoms with Crippen LogP contribution < -0.4 is 0 Å². The van der Waals surface area contributed by atoms with Crippen molar-refractivity contribution < 1.29 is 4.42 Å². The molecule has 3 rings (SSSR count). The first-order valence-corrected chi connectivity index (χ1v) is 10.2. The van der Waals surface area contributed by atoms with Crippen LogP contribution in [0.4, 0.5) is 11.4 Å². The van der Waals surface area contributed by atoms with Crippen LogP contribution in [-0.2, 0) is 11.8 Å². The Labute approximate surface area is 174 Å². The van der Waals surface area contributed by atoms with E-state index in [0.29, 0.717) is 11.7 Å². The predicted octanol–water partition coefficient (Wildman–Crippen LogP) is 7.28. The summed E-state index contributed by atoms with van der Waals surface area (Å²) >= 11 is 0. The Hall–Kier alpha value is -2.94. The molecule has 3 heteroatoms. The molecule has 0 aliphatic carbocycles. The Morgan fingerprint density at radius 3 is 1.97 bits per heavy atom. The van der Waals surface area contributed by atoms with Crippen molar-refractivity contribution in [2.45, 2.75) is 46.5 Å². The smallest absolute Gasteiger partial charge is 0.145 e. The number of nitrogens with zero attached hydrogens (tertiary/aromatic N) is 2. The highest BCUT2D eigenvalue weighted by molar-refractivity contribution is 5.83. The molecule has 29 heavy (non-hydrogen) atoms. The molecule has 0 saturated heterocycles. The van der Waals surface area contributed by atoms with Crippen LogP contribution in [0.1, 0.15) is 57.3 Å². The molecule has 1 heterocycles. The fraction of sp³-hybridized carbons (Fsp3) is 0.308. The Morgan fingerprint density at radius 2 is 1.34 bits per heavy atom. The van der Waals surface area contributed by atoms with E-state index >= 15 is 0 Å². The fourth-order valence-corrected chi connectivity index (χ4v) is 3.24. The third-order valence-electron chi connectivity index (χ3n) is 4.64. The second kappa shape index (κ2) is 9.04. The molecule has 0 amide bonds. The van der Waals surface area contributed by atoms with Crippen LogP contribution in [0.15, 0.2) is 75.1 Å². The van der Waals surface area contributed by atoms with Crippen LogP contribution in [0.3, 0.4) is 0 Å². The SMILES string of the molecule is CC(C)Cc1ccccc1N=Cc1ccc(C=Nc2ccccc2C(C)(C)C)o1. The van der Waals surface area contributed by atoms with Crippen LogP contribution in [0.5, 0.6) is 0 Å². The van der Waals surface area contributed by atoms with Crippen LogP contribution in [0.25, 0.3) is 0 Å². The minimum Gasteiger partial charge on any atom is -0.454 e. The van der Waals surface area contributed by atoms with E-state index in [2.05, 4.69) is 68.9 Å². The maximum atomic E-state index is 5.87. The molecule has 0 aliphatic rings. The van der Waals surface area contributed by atoms with E-state index in [-0.39, 0.29) is 5.41 Å². The third-order valence-corrected chi connectivity index (χ3v) is 4.64. The summed E-state index contributed by atoms with van der Waals surface area (Å²) in [6.07, 6.45) is 4.56. The molecule has 0 bridgehead atoms. The Bertz CT molecular complexity index is 1000. The van der Waals surface area contributed by atoms with Crippen molar-refractivity contribution in [2.75, 3.05) is 0 Å². The van der Waals surface area contributed by atoms with Gasteiger partial charge >= 0.3 is 0 Å². The molecular formula is C26H30N2O. The van der Waals surface area contributed by atoms with Gasteiger partial charge in [-0.1, -0.05) is 71.0 Å². The highest BCUT2D eigenvalue weighted by atomic mass is 16.3. The molecule has 0 atom stereocenters. The van der Waals surface area contributed by atoms with Crippen molar-refractivity contribution in [3.8, 4) is 0 Å². The fourth-order valence-electron chi connectivity index (χ4n) is 3.24. The molecular weight excluding hydrogens is 356 g/mol. The van der Waals surface area contributed by atoms with E-state index in [1.807, 2.05) is 36.4 Å². The quantitative estimate of drug-likeness (QED) is 0.410. The molecule has 0 fully saturated rings. The molecule has 0 radical (unpaired) electrons. The van der Waals surface area contributed by atoms with Crippen molar-refractivity contribution in [1.82, 2.24) is 0 Å². The van der Waals surface area contributed by atoms with Gasteiger partial charge in [0.15, 0.2) is 0 Å². The Kier molecular flexibility index (Phi) is 6.48. The van der Waals surface area contributed by atoms with E-state index in [1.165, 1.54) is 11.1 Å². The molecule has 3 aromatic rings. The summed E-state index contributed by atoms with van der Waals surface area (Å²) in [4.78, 5) is 9.30. The number of para-hydroxylation sites is 2. The summed E-state index contributed by atoms with van der Waals surface area (Å²) in [6, 6.07) is 20.3. The van der Waals surface area contributed by atoms with Gasteiger partial charge in [0, 0.05) is 0 Å². The van der Waals surface area contributed by atoms with Gasteiger partial charge in [-0.2, -0.15) is 0 Å². The van der Waals surface area contributed by atoms with Crippen molar-refractivity contribution in [3.05, 3.63) is 83.3 Å². The first-order chi connectivity index (χ1) is 13.8. The summed E-state index contributed by atoms with van der Waals surface area (Å²) < 4.78 is 5.87. The molecule has 3 nitrogen and oxygen atoms in total. The normalized spacial score (nSPS) is 12.5. The highest BCUT2D eigenvalue weighted by Gasteiger charge is 2.16. The first kappa shape index (κ1) is 20.8. The summed E-state index contributed by atoms with van der Waals surface area (Å²) in [5, 5.41) is 0. The maximum absolute atomic E-state index is 5.87. The van der Waals surface area contributed by atoms with Gasteiger partial charge in [0.2, 0.25) is 0 Å². The van der Waals surface area contributed by atoms with Crippen molar-refractivity contribution in [1.29, 1.82) is 0 Å². The summed E-state index contributed by atoms with van der Waals surface area (Å²) in [5.41, 5.74) is 4.47. The standard InChI is InChI=1S/C26H30N2O/c1-19(2)16-20-10-6-8-12-24(20)27-17-21-14-15-22(29-21)18-28-25-13-9-7-11-23(25)26(3,4)5/h6-15,17-19H,16H2,1-5H3. The molecule has 150 valence electrons. The van der Waals surface area contributed by atoms with Crippen molar-refractivity contribution in [2.24, 2.45) is 15.9 Å². The lowest BCUT2D eigenvalue weighted by atomic mass is 9.86. The van der Waals surface area contributed by atoms with E-state index in [9.17, 15) is 0 Å². The summed E-state index contributed by atoms with van der Waals surface area (Å²) in [7, 11) is 0. The van der Waals surface area contributed by atoms with Crippen LogP contribution >= 0.6 is 0 Å². The highest BCUT2D eigenvalue weighted by Crippen LogP contribution is 2.31. The van der Waals surface area contributed by atoms with Crippen molar-refractivity contribution in [3.63, 3.8) is 0 Å². The number of aliphatic imine (C=N–C) groups is 2. The van der Waals surface area contributed by atoms with Gasteiger partial charge in [-0.25, -0.2) is 0 Å². The van der Waals surface area contributed by atoms with Gasteiger partial charge < -0.3 is 4.42 Å². The monoisotopic (exact) mass is 386 g/mol. The lowest BCUT2D eigenvalue weighted by Gasteiger charge is -2.20. The number of rotatable bonds is 6. The van der Waals surface area contributed by atoms with Gasteiger partial charge in [0.1, 0.15) is 11.5 Å². The van der Waals surface area contributed by atoms with Gasteiger partial charge in [-0.05, 0) is 53.1 Å². The second-order valence-corrected chi connectivity index (χ2v) is 8.75. The van der Waals surface area contributed by atoms with Gasteiger partial charge in [0.05, 0.1) is 23.8 Å². The topological polar surface area (TPSA) is 37.9 Å². The maximum Gasteiger partial charge on any atom is 0.145 e. The predicted molar refractivity (Wildman–Crippen MR) is 123 cm³/mol. The van der Waals surface area contributed by atoms with Gasteiger partial charge in [-0.3, -0.25) is 9.98 Å². The minimum atomic E-state index is 0.0400. The molecule has 0 spiro atoms. The van der Waals surface area contributed by atoms with Gasteiger partial charge in [-0.15, -0.1) is 0 Å². The van der Waals surface area contributed by atoms with Crippen LogP contribution in [-0.4, -0.2) is 12.4 Å². The lowest BCUT2D eigenvalue weighted by Crippen LogP contribution is -2.10. The van der Waals surface area contributed by atoms with E-state index in [4.69, 9.17) is 4.42 Å². The third kappa shape index (κ3) is 5.77. The molecule has 0 aliphatic heterocycles. The average molecular weight is 387 g/mol. The molecule has 0 saturated carbocycles. The van der Waals surface area contributed by atoms with E-state index < -0.39 is 0 Å². The molecule has 1 aromatic heterocycles. The minimum absolute atomic E-state index is 0.0400. The number of furan rings is 1. The van der Waals surface area contributed by atoms with Crippen LogP contribution in [0.2, 0.25) is 0 Å². The zero-order chi connectivity index (χ0) is 20.9. The number of hydrogen-bond donors (Lipinski definition) is 0. The van der Waals surface area contributed by atoms with Gasteiger partial charge in [0.25, 0.3) is 0 Å². The Morgan fingerprint density at radius 1 is 0.793 bits per heavy atom. The first-order valence-electron chi connectivity index (χ1n) is 10.2.